The first-order valence-corrected chi connectivity index (χ1v) is 7.23. The van der Waals surface area contributed by atoms with Gasteiger partial charge in [-0.15, -0.1) is 0 Å². The number of benzene rings is 2. The number of nitrogens with one attached hydrogen (secondary N) is 2. The van der Waals surface area contributed by atoms with Crippen molar-refractivity contribution in [3.8, 4) is 5.75 Å². The van der Waals surface area contributed by atoms with Crippen molar-refractivity contribution in [1.82, 2.24) is 10.6 Å². The lowest BCUT2D eigenvalue weighted by molar-refractivity contribution is 0.322. The van der Waals surface area contributed by atoms with Crippen LogP contribution in [-0.2, 0) is 0 Å². The first-order valence-electron chi connectivity index (χ1n) is 6.43. The van der Waals surface area contributed by atoms with Crippen LogP contribution in [0.3, 0.4) is 0 Å². The van der Waals surface area contributed by atoms with Crippen molar-refractivity contribution in [2.75, 3.05) is 27.2 Å². The fourth-order valence-electron chi connectivity index (χ4n) is 1.90. The molecule has 0 saturated carbocycles. The Balaban J connectivity index is 1.92. The van der Waals surface area contributed by atoms with Gasteiger partial charge in [0, 0.05) is 18.6 Å². The van der Waals surface area contributed by atoms with E-state index in [4.69, 9.17) is 4.74 Å². The number of aliphatic imine (C=N–C) groups is 1. The Morgan fingerprint density at radius 3 is 2.70 bits per heavy atom. The van der Waals surface area contributed by atoms with Gasteiger partial charge in [0.1, 0.15) is 12.4 Å². The number of nitrogens with zero attached hydrogens (tertiary/aromatic N) is 1. The molecule has 0 aromatic heterocycles. The van der Waals surface area contributed by atoms with Crippen LogP contribution in [0.15, 0.2) is 45.9 Å². The summed E-state index contributed by atoms with van der Waals surface area (Å²) in [7, 11) is 3.57. The number of ether oxygens (including phenoxy) is 1. The third kappa shape index (κ3) is 3.87. The first kappa shape index (κ1) is 14.7. The molecule has 5 heteroatoms. The summed E-state index contributed by atoms with van der Waals surface area (Å²) in [5, 5.41) is 8.47. The molecule has 0 heterocycles. The van der Waals surface area contributed by atoms with Gasteiger partial charge < -0.3 is 15.4 Å². The average Bonchev–Trinajstić information content (AvgIpc) is 2.47. The van der Waals surface area contributed by atoms with Crippen LogP contribution in [0.25, 0.3) is 10.8 Å². The Morgan fingerprint density at radius 2 is 1.95 bits per heavy atom. The molecule has 0 bridgehead atoms. The van der Waals surface area contributed by atoms with E-state index in [1.165, 1.54) is 10.8 Å². The number of hydrogen-bond acceptors (Lipinski definition) is 2. The molecule has 106 valence electrons. The molecule has 0 unspecified atom stereocenters. The molecule has 4 nitrogen and oxygen atoms in total. The minimum absolute atomic E-state index is 0.586. The van der Waals surface area contributed by atoms with Gasteiger partial charge in [0.15, 0.2) is 5.96 Å². The van der Waals surface area contributed by atoms with Crippen molar-refractivity contribution in [3.63, 3.8) is 0 Å². The number of guanidine groups is 1. The lowest BCUT2D eigenvalue weighted by Crippen LogP contribution is -2.37. The number of fused-ring (bicyclic) bond motifs is 1. The third-order valence-electron chi connectivity index (χ3n) is 2.90. The van der Waals surface area contributed by atoms with Gasteiger partial charge in [-0.3, -0.25) is 4.99 Å². The van der Waals surface area contributed by atoms with E-state index in [2.05, 4.69) is 55.8 Å². The summed E-state index contributed by atoms with van der Waals surface area (Å²) in [4.78, 5) is 4.03. The molecule has 0 radical (unpaired) electrons. The Bertz CT molecular complexity index is 613. The van der Waals surface area contributed by atoms with Crippen LogP contribution >= 0.6 is 15.9 Å². The molecule has 2 rings (SSSR count). The summed E-state index contributed by atoms with van der Waals surface area (Å²) in [6.45, 7) is 1.29. The second-order valence-corrected chi connectivity index (χ2v) is 5.17. The van der Waals surface area contributed by atoms with Gasteiger partial charge in [-0.25, -0.2) is 0 Å². The van der Waals surface area contributed by atoms with E-state index in [1.807, 2.05) is 19.2 Å². The van der Waals surface area contributed by atoms with Crippen LogP contribution in [0.5, 0.6) is 5.75 Å². The standard InChI is InChI=1S/C15H18BrN3O/c1-17-15(18-2)19-7-8-20-14-6-4-11-9-13(16)5-3-12(11)10-14/h3-6,9-10H,7-8H2,1-2H3,(H2,17,18,19). The molecule has 0 atom stereocenters. The Labute approximate surface area is 127 Å². The van der Waals surface area contributed by atoms with E-state index >= 15 is 0 Å². The predicted molar refractivity (Wildman–Crippen MR) is 87.6 cm³/mol. The zero-order chi connectivity index (χ0) is 14.4. The highest BCUT2D eigenvalue weighted by molar-refractivity contribution is 9.10. The van der Waals surface area contributed by atoms with Crippen LogP contribution in [0, 0.1) is 0 Å². The van der Waals surface area contributed by atoms with Crippen LogP contribution in [0.2, 0.25) is 0 Å². The molecule has 20 heavy (non-hydrogen) atoms. The number of halogens is 1. The van der Waals surface area contributed by atoms with Crippen LogP contribution < -0.4 is 15.4 Å². The highest BCUT2D eigenvalue weighted by Crippen LogP contribution is 2.23. The quantitative estimate of drug-likeness (QED) is 0.513. The molecule has 0 fully saturated rings. The molecule has 0 amide bonds. The van der Waals surface area contributed by atoms with Gasteiger partial charge >= 0.3 is 0 Å². The van der Waals surface area contributed by atoms with Crippen molar-refractivity contribution < 1.29 is 4.74 Å². The fraction of sp³-hybridized carbons (Fsp3) is 0.267. The van der Waals surface area contributed by atoms with Crippen molar-refractivity contribution in [2.24, 2.45) is 4.99 Å². The largest absolute Gasteiger partial charge is 0.492 e. The van der Waals surface area contributed by atoms with Gasteiger partial charge in [0.25, 0.3) is 0 Å². The summed E-state index contributed by atoms with van der Waals surface area (Å²) in [5.74, 6) is 1.64. The monoisotopic (exact) mass is 335 g/mol. The molecule has 0 saturated heterocycles. The first-order chi connectivity index (χ1) is 9.72. The van der Waals surface area contributed by atoms with Crippen molar-refractivity contribution in [1.29, 1.82) is 0 Å². The van der Waals surface area contributed by atoms with Crippen LogP contribution in [0.1, 0.15) is 0 Å². The van der Waals surface area contributed by atoms with E-state index in [0.717, 1.165) is 16.2 Å². The Hall–Kier alpha value is -1.75. The van der Waals surface area contributed by atoms with Gasteiger partial charge in [-0.2, -0.15) is 0 Å². The molecule has 0 aliphatic carbocycles. The second-order valence-electron chi connectivity index (χ2n) is 4.25. The van der Waals surface area contributed by atoms with Gasteiger partial charge in [-0.1, -0.05) is 28.1 Å². The van der Waals surface area contributed by atoms with E-state index in [9.17, 15) is 0 Å². The lowest BCUT2D eigenvalue weighted by Gasteiger charge is -2.10. The smallest absolute Gasteiger partial charge is 0.190 e. The summed E-state index contributed by atoms with van der Waals surface area (Å²) >= 11 is 3.47. The van der Waals surface area contributed by atoms with Crippen molar-refractivity contribution in [3.05, 3.63) is 40.9 Å². The van der Waals surface area contributed by atoms with E-state index in [0.29, 0.717) is 13.2 Å². The zero-order valence-corrected chi connectivity index (χ0v) is 13.2. The minimum atomic E-state index is 0.586. The number of hydrogen-bond donors (Lipinski definition) is 2. The lowest BCUT2D eigenvalue weighted by atomic mass is 10.1. The summed E-state index contributed by atoms with van der Waals surface area (Å²) in [5.41, 5.74) is 0. The SMILES string of the molecule is CN=C(NC)NCCOc1ccc2cc(Br)ccc2c1. The fourth-order valence-corrected chi connectivity index (χ4v) is 2.28. The van der Waals surface area contributed by atoms with Crippen LogP contribution in [0.4, 0.5) is 0 Å². The maximum Gasteiger partial charge on any atom is 0.190 e. The van der Waals surface area contributed by atoms with Crippen molar-refractivity contribution in [2.45, 2.75) is 0 Å². The molecule has 2 N–H and O–H groups in total. The average molecular weight is 336 g/mol. The summed E-state index contributed by atoms with van der Waals surface area (Å²) < 4.78 is 6.81. The van der Waals surface area contributed by atoms with Gasteiger partial charge in [-0.05, 0) is 35.0 Å². The molecule has 2 aromatic rings. The topological polar surface area (TPSA) is 45.7 Å². The normalized spacial score (nSPS) is 11.4. The molecule has 0 spiro atoms. The molecule has 2 aromatic carbocycles. The zero-order valence-electron chi connectivity index (χ0n) is 11.6. The Kier molecular flexibility index (Phi) is 5.24. The molecular weight excluding hydrogens is 318 g/mol. The van der Waals surface area contributed by atoms with Gasteiger partial charge in [0.05, 0.1) is 6.54 Å². The van der Waals surface area contributed by atoms with E-state index in [-0.39, 0.29) is 0 Å². The summed E-state index contributed by atoms with van der Waals surface area (Å²) in [6.07, 6.45) is 0. The highest BCUT2D eigenvalue weighted by Gasteiger charge is 1.99. The van der Waals surface area contributed by atoms with Crippen LogP contribution in [-0.4, -0.2) is 33.2 Å². The maximum absolute atomic E-state index is 5.73. The predicted octanol–water partition coefficient (Wildman–Crippen LogP) is 2.78. The molecule has 0 aliphatic heterocycles. The van der Waals surface area contributed by atoms with E-state index < -0.39 is 0 Å². The highest BCUT2D eigenvalue weighted by atomic mass is 79.9. The van der Waals surface area contributed by atoms with Crippen molar-refractivity contribution >= 4 is 32.7 Å². The second kappa shape index (κ2) is 7.14. The molecular formula is C15H18BrN3O. The Morgan fingerprint density at radius 1 is 1.20 bits per heavy atom. The van der Waals surface area contributed by atoms with Gasteiger partial charge in [0.2, 0.25) is 0 Å². The third-order valence-corrected chi connectivity index (χ3v) is 3.39. The van der Waals surface area contributed by atoms with E-state index in [1.54, 1.807) is 7.05 Å². The summed E-state index contributed by atoms with van der Waals surface area (Å²) in [6, 6.07) is 12.3. The number of rotatable bonds is 4. The maximum atomic E-state index is 5.73. The minimum Gasteiger partial charge on any atom is -0.492 e. The molecule has 0 aliphatic rings.